The van der Waals surface area contributed by atoms with Crippen molar-refractivity contribution in [2.24, 2.45) is 10.2 Å². The van der Waals surface area contributed by atoms with Gasteiger partial charge >= 0.3 is 0 Å². The Hall–Kier alpha value is -2.18. The molecule has 26 heavy (non-hydrogen) atoms. The van der Waals surface area contributed by atoms with E-state index in [-0.39, 0.29) is 11.2 Å². The summed E-state index contributed by atoms with van der Waals surface area (Å²) in [7, 11) is 0. The third-order valence-corrected chi connectivity index (χ3v) is 5.51. The summed E-state index contributed by atoms with van der Waals surface area (Å²) in [5.74, 6) is 0.0477. The van der Waals surface area contributed by atoms with Gasteiger partial charge in [-0.2, -0.15) is 5.10 Å². The number of benzene rings is 2. The lowest BCUT2D eigenvalue weighted by atomic mass is 10.1. The molecule has 1 heterocycles. The Bertz CT molecular complexity index is 834. The number of thioether (sulfide) groups is 1. The van der Waals surface area contributed by atoms with Crippen LogP contribution in [-0.2, 0) is 11.2 Å². The molecule has 1 amide bonds. The second-order valence-electron chi connectivity index (χ2n) is 5.71. The maximum atomic E-state index is 12.7. The third-order valence-electron chi connectivity index (χ3n) is 3.82. The van der Waals surface area contributed by atoms with Crippen LogP contribution >= 0.6 is 27.7 Å². The molecule has 132 valence electrons. The molecule has 1 aliphatic heterocycles. The lowest BCUT2D eigenvalue weighted by molar-refractivity contribution is -0.125. The van der Waals surface area contributed by atoms with E-state index < -0.39 is 0 Å². The molecule has 1 atom stereocenters. The number of amides is 1. The summed E-state index contributed by atoms with van der Waals surface area (Å²) in [5, 5.41) is 8.85. The number of nitrogens with zero attached hydrogens (tertiary/aromatic N) is 3. The quantitative estimate of drug-likeness (QED) is 0.386. The van der Waals surface area contributed by atoms with Crippen LogP contribution in [0.5, 0.6) is 0 Å². The smallest absolute Gasteiger partial charge is 0.242 e. The van der Waals surface area contributed by atoms with Gasteiger partial charge in [0.05, 0.1) is 11.5 Å². The number of amidine groups is 1. The molecule has 0 spiro atoms. The van der Waals surface area contributed by atoms with E-state index in [4.69, 9.17) is 0 Å². The molecule has 6 heteroatoms. The molecule has 0 bridgehead atoms. The normalized spacial score (nSPS) is 18.8. The summed E-state index contributed by atoms with van der Waals surface area (Å²) < 4.78 is 1.03. The van der Waals surface area contributed by atoms with Gasteiger partial charge in [0.25, 0.3) is 0 Å². The van der Waals surface area contributed by atoms with Gasteiger partial charge in [0.15, 0.2) is 5.17 Å². The molecule has 0 aliphatic carbocycles. The zero-order valence-electron chi connectivity index (χ0n) is 14.1. The van der Waals surface area contributed by atoms with Crippen LogP contribution in [0.1, 0.15) is 11.1 Å². The lowest BCUT2D eigenvalue weighted by Gasteiger charge is -2.12. The van der Waals surface area contributed by atoms with Gasteiger partial charge in [0.1, 0.15) is 0 Å². The van der Waals surface area contributed by atoms with Gasteiger partial charge in [-0.05, 0) is 29.7 Å². The van der Waals surface area contributed by atoms with E-state index >= 15 is 0 Å². The zero-order chi connectivity index (χ0) is 18.4. The predicted octanol–water partition coefficient (Wildman–Crippen LogP) is 4.51. The van der Waals surface area contributed by atoms with Gasteiger partial charge in [-0.1, -0.05) is 76.2 Å². The highest BCUT2D eigenvalue weighted by Gasteiger charge is 2.37. The molecule has 1 fully saturated rings. The highest BCUT2D eigenvalue weighted by Crippen LogP contribution is 2.30. The molecule has 0 saturated carbocycles. The highest BCUT2D eigenvalue weighted by molar-refractivity contribution is 9.10. The van der Waals surface area contributed by atoms with Crippen molar-refractivity contribution in [1.29, 1.82) is 0 Å². The summed E-state index contributed by atoms with van der Waals surface area (Å²) in [6.07, 6.45) is 4.05. The van der Waals surface area contributed by atoms with Crippen molar-refractivity contribution in [2.45, 2.75) is 11.7 Å². The fraction of sp³-hybridized carbons (Fsp3) is 0.150. The van der Waals surface area contributed by atoms with Crippen molar-refractivity contribution in [1.82, 2.24) is 4.90 Å². The minimum absolute atomic E-state index is 0.0477. The fourth-order valence-corrected chi connectivity index (χ4v) is 3.94. The first-order valence-corrected chi connectivity index (χ1v) is 9.84. The maximum Gasteiger partial charge on any atom is 0.242 e. The largest absolute Gasteiger partial charge is 0.285 e. The number of carbonyl (C=O) groups is 1. The van der Waals surface area contributed by atoms with Gasteiger partial charge < -0.3 is 0 Å². The minimum Gasteiger partial charge on any atom is -0.285 e. The Kier molecular flexibility index (Phi) is 6.41. The molecule has 4 nitrogen and oxygen atoms in total. The van der Waals surface area contributed by atoms with Crippen molar-refractivity contribution in [3.63, 3.8) is 0 Å². The van der Waals surface area contributed by atoms with Gasteiger partial charge in [0, 0.05) is 11.0 Å². The first-order chi connectivity index (χ1) is 12.7. The first kappa shape index (κ1) is 18.6. The number of rotatable bonds is 6. The fourth-order valence-electron chi connectivity index (χ4n) is 2.53. The standard InChI is InChI=1S/C20H18BrN3OS/c1-2-12-24-19(25)18(13-15-8-10-17(21)11-9-15)26-20(24)23-22-14-16-6-4-3-5-7-16/h2-11,14,18H,1,12-13H2/b22-14+,23-20+. The summed E-state index contributed by atoms with van der Waals surface area (Å²) in [4.78, 5) is 14.4. The first-order valence-electron chi connectivity index (χ1n) is 8.17. The van der Waals surface area contributed by atoms with E-state index in [1.165, 1.54) is 11.8 Å². The molecule has 1 unspecified atom stereocenters. The zero-order valence-corrected chi connectivity index (χ0v) is 16.5. The molecule has 2 aromatic rings. The molecular weight excluding hydrogens is 410 g/mol. The Morgan fingerprint density at radius 2 is 1.88 bits per heavy atom. The van der Waals surface area contributed by atoms with Crippen LogP contribution in [-0.4, -0.2) is 34.0 Å². The van der Waals surface area contributed by atoms with E-state index in [2.05, 4.69) is 32.7 Å². The van der Waals surface area contributed by atoms with Crippen molar-refractivity contribution in [2.75, 3.05) is 6.54 Å². The molecular formula is C20H18BrN3OS. The molecule has 0 aromatic heterocycles. The SMILES string of the molecule is C=CCN1C(=O)C(Cc2ccc(Br)cc2)S/C1=N/N=C/c1ccccc1. The maximum absolute atomic E-state index is 12.7. The van der Waals surface area contributed by atoms with Crippen molar-refractivity contribution in [3.8, 4) is 0 Å². The van der Waals surface area contributed by atoms with E-state index in [1.54, 1.807) is 17.2 Å². The van der Waals surface area contributed by atoms with E-state index in [0.717, 1.165) is 15.6 Å². The average molecular weight is 428 g/mol. The molecule has 3 rings (SSSR count). The molecule has 0 radical (unpaired) electrons. The van der Waals surface area contributed by atoms with Crippen LogP contribution in [0.4, 0.5) is 0 Å². The van der Waals surface area contributed by atoms with Crippen LogP contribution in [0.2, 0.25) is 0 Å². The van der Waals surface area contributed by atoms with Crippen molar-refractivity contribution >= 4 is 45.0 Å². The number of carbonyl (C=O) groups excluding carboxylic acids is 1. The number of halogens is 1. The molecule has 0 N–H and O–H groups in total. The van der Waals surface area contributed by atoms with Crippen LogP contribution in [0.25, 0.3) is 0 Å². The third kappa shape index (κ3) is 4.71. The second-order valence-corrected chi connectivity index (χ2v) is 7.80. The van der Waals surface area contributed by atoms with E-state index in [9.17, 15) is 4.79 Å². The lowest BCUT2D eigenvalue weighted by Crippen LogP contribution is -2.32. The van der Waals surface area contributed by atoms with Gasteiger partial charge in [0.2, 0.25) is 5.91 Å². The molecule has 1 saturated heterocycles. The van der Waals surface area contributed by atoms with Gasteiger partial charge in [-0.25, -0.2) is 0 Å². The Labute approximate surface area is 165 Å². The summed E-state index contributed by atoms with van der Waals surface area (Å²) >= 11 is 4.89. The second kappa shape index (κ2) is 8.96. The summed E-state index contributed by atoms with van der Waals surface area (Å²) in [6.45, 7) is 4.17. The van der Waals surface area contributed by atoms with Gasteiger partial charge in [-0.3, -0.25) is 9.69 Å². The molecule has 2 aromatic carbocycles. The van der Waals surface area contributed by atoms with Crippen molar-refractivity contribution in [3.05, 3.63) is 82.9 Å². The minimum atomic E-state index is -0.193. The van der Waals surface area contributed by atoms with Gasteiger partial charge in [-0.15, -0.1) is 11.7 Å². The van der Waals surface area contributed by atoms with Crippen LogP contribution in [0, 0.1) is 0 Å². The van der Waals surface area contributed by atoms with Crippen LogP contribution < -0.4 is 0 Å². The monoisotopic (exact) mass is 427 g/mol. The summed E-state index contributed by atoms with van der Waals surface area (Å²) in [6, 6.07) is 17.8. The van der Waals surface area contributed by atoms with E-state index in [1.807, 2.05) is 54.6 Å². The summed E-state index contributed by atoms with van der Waals surface area (Å²) in [5.41, 5.74) is 2.08. The van der Waals surface area contributed by atoms with Crippen molar-refractivity contribution < 1.29 is 4.79 Å². The Balaban J connectivity index is 1.75. The Morgan fingerprint density at radius 1 is 1.15 bits per heavy atom. The molecule has 1 aliphatic rings. The number of hydrogen-bond donors (Lipinski definition) is 0. The average Bonchev–Trinajstić information content (AvgIpc) is 2.94. The topological polar surface area (TPSA) is 45.0 Å². The van der Waals surface area contributed by atoms with E-state index in [0.29, 0.717) is 18.1 Å². The highest BCUT2D eigenvalue weighted by atomic mass is 79.9. The predicted molar refractivity (Wildman–Crippen MR) is 113 cm³/mol. The van der Waals surface area contributed by atoms with Crippen LogP contribution in [0.15, 0.2) is 81.9 Å². The number of hydrogen-bond acceptors (Lipinski definition) is 4. The van der Waals surface area contributed by atoms with Crippen LogP contribution in [0.3, 0.4) is 0 Å². The Morgan fingerprint density at radius 3 is 2.58 bits per heavy atom.